The Labute approximate surface area is 80.3 Å². The first-order valence-electron chi connectivity index (χ1n) is 4.03. The molecule has 0 aliphatic carbocycles. The topological polar surface area (TPSA) is 89.3 Å². The van der Waals surface area contributed by atoms with Crippen molar-refractivity contribution in [2.45, 2.75) is 12.5 Å². The molecule has 5 N–H and O–H groups in total. The van der Waals surface area contributed by atoms with Gasteiger partial charge in [-0.2, -0.15) is 0 Å². The van der Waals surface area contributed by atoms with Crippen LogP contribution in [0.25, 0.3) is 0 Å². The Balaban J connectivity index is 2.93. The third-order valence-corrected chi connectivity index (χ3v) is 1.81. The zero-order chi connectivity index (χ0) is 10.7. The summed E-state index contributed by atoms with van der Waals surface area (Å²) in [6, 6.07) is 3.05. The van der Waals surface area contributed by atoms with E-state index in [-0.39, 0.29) is 12.0 Å². The zero-order valence-electron chi connectivity index (χ0n) is 7.40. The lowest BCUT2D eigenvalue weighted by atomic mass is 10.0. The predicted octanol–water partition coefficient (Wildman–Crippen LogP) is 0.882. The molecule has 1 aromatic rings. The van der Waals surface area contributed by atoms with Gasteiger partial charge in [0.25, 0.3) is 0 Å². The number of anilines is 1. The minimum absolute atomic E-state index is 0.132. The van der Waals surface area contributed by atoms with Crippen LogP contribution in [0.5, 0.6) is 0 Å². The Morgan fingerprint density at radius 2 is 2.21 bits per heavy atom. The molecule has 1 unspecified atom stereocenters. The number of nitrogens with two attached hydrogens (primary N) is 2. The number of nitrogen functional groups attached to an aromatic ring is 1. The van der Waals surface area contributed by atoms with Crippen molar-refractivity contribution in [3.63, 3.8) is 0 Å². The maximum absolute atomic E-state index is 13.1. The molecule has 0 aliphatic rings. The summed E-state index contributed by atoms with van der Waals surface area (Å²) >= 11 is 0. The van der Waals surface area contributed by atoms with E-state index >= 15 is 0 Å². The largest absolute Gasteiger partial charge is 0.481 e. The summed E-state index contributed by atoms with van der Waals surface area (Å²) in [6.45, 7) is 0. The van der Waals surface area contributed by atoms with Crippen LogP contribution < -0.4 is 11.5 Å². The first-order chi connectivity index (χ1) is 6.50. The van der Waals surface area contributed by atoms with Gasteiger partial charge in [0, 0.05) is 17.3 Å². The third kappa shape index (κ3) is 2.43. The quantitative estimate of drug-likeness (QED) is 0.629. The smallest absolute Gasteiger partial charge is 0.305 e. The molecule has 1 rings (SSSR count). The normalized spacial score (nSPS) is 12.4. The van der Waals surface area contributed by atoms with E-state index in [9.17, 15) is 9.18 Å². The molecule has 0 spiro atoms. The maximum atomic E-state index is 13.1. The molecule has 0 radical (unpaired) electrons. The lowest BCUT2D eigenvalue weighted by molar-refractivity contribution is -0.137. The summed E-state index contributed by atoms with van der Waals surface area (Å²) < 4.78 is 13.1. The van der Waals surface area contributed by atoms with E-state index in [4.69, 9.17) is 16.6 Å². The van der Waals surface area contributed by atoms with Crippen molar-refractivity contribution in [1.29, 1.82) is 0 Å². The number of hydrogen-bond acceptors (Lipinski definition) is 3. The lowest BCUT2D eigenvalue weighted by Crippen LogP contribution is -2.16. The minimum atomic E-state index is -1.07. The Bertz CT molecular complexity index is 355. The van der Waals surface area contributed by atoms with Crippen molar-refractivity contribution in [2.75, 3.05) is 5.73 Å². The van der Waals surface area contributed by atoms with Crippen molar-refractivity contribution in [2.24, 2.45) is 5.73 Å². The van der Waals surface area contributed by atoms with Gasteiger partial charge in [0.15, 0.2) is 0 Å². The van der Waals surface area contributed by atoms with Crippen LogP contribution in [-0.2, 0) is 4.79 Å². The molecule has 0 heterocycles. The highest BCUT2D eigenvalue weighted by molar-refractivity contribution is 5.68. The van der Waals surface area contributed by atoms with E-state index in [1.807, 2.05) is 0 Å². The van der Waals surface area contributed by atoms with E-state index in [0.717, 1.165) is 0 Å². The second kappa shape index (κ2) is 4.06. The van der Waals surface area contributed by atoms with Gasteiger partial charge < -0.3 is 16.6 Å². The van der Waals surface area contributed by atoms with Crippen molar-refractivity contribution >= 4 is 11.7 Å². The molecule has 0 aliphatic heterocycles. The highest BCUT2D eigenvalue weighted by Gasteiger charge is 2.14. The van der Waals surface area contributed by atoms with Gasteiger partial charge >= 0.3 is 5.97 Å². The first kappa shape index (κ1) is 10.5. The summed E-state index contributed by atoms with van der Waals surface area (Å²) in [6.07, 6.45) is -0.319. The van der Waals surface area contributed by atoms with Gasteiger partial charge in [-0.15, -0.1) is 0 Å². The number of carboxylic acid groups (broad SMARTS) is 1. The molecule has 0 bridgehead atoms. The minimum Gasteiger partial charge on any atom is -0.481 e. The van der Waals surface area contributed by atoms with Crippen LogP contribution in [0.3, 0.4) is 0 Å². The summed E-state index contributed by atoms with van der Waals surface area (Å²) in [4.78, 5) is 10.3. The number of carboxylic acids is 1. The molecule has 76 valence electrons. The van der Waals surface area contributed by atoms with Crippen molar-refractivity contribution < 1.29 is 14.3 Å². The van der Waals surface area contributed by atoms with Crippen LogP contribution in [-0.4, -0.2) is 11.1 Å². The highest BCUT2D eigenvalue weighted by atomic mass is 19.1. The van der Waals surface area contributed by atoms with Crippen molar-refractivity contribution in [3.8, 4) is 0 Å². The molecular weight excluding hydrogens is 187 g/mol. The first-order valence-corrected chi connectivity index (χ1v) is 4.03. The van der Waals surface area contributed by atoms with Crippen LogP contribution in [0, 0.1) is 5.82 Å². The van der Waals surface area contributed by atoms with E-state index in [1.165, 1.54) is 18.2 Å². The Morgan fingerprint density at radius 1 is 1.57 bits per heavy atom. The zero-order valence-corrected chi connectivity index (χ0v) is 7.40. The number of benzene rings is 1. The van der Waals surface area contributed by atoms with Gasteiger partial charge in [-0.25, -0.2) is 4.39 Å². The van der Waals surface area contributed by atoms with Crippen LogP contribution in [0.15, 0.2) is 18.2 Å². The molecule has 0 saturated carbocycles. The highest BCUT2D eigenvalue weighted by Crippen LogP contribution is 2.20. The monoisotopic (exact) mass is 198 g/mol. The van der Waals surface area contributed by atoms with Gasteiger partial charge in [0.1, 0.15) is 5.82 Å². The van der Waals surface area contributed by atoms with Gasteiger partial charge in [-0.1, -0.05) is 0 Å². The second-order valence-corrected chi connectivity index (χ2v) is 2.99. The fourth-order valence-electron chi connectivity index (χ4n) is 1.14. The predicted molar refractivity (Wildman–Crippen MR) is 50.0 cm³/mol. The average Bonchev–Trinajstić information content (AvgIpc) is 2.08. The Hall–Kier alpha value is -1.62. The molecule has 4 nitrogen and oxygen atoms in total. The van der Waals surface area contributed by atoms with Crippen LogP contribution in [0.1, 0.15) is 18.0 Å². The number of rotatable bonds is 3. The number of carbonyl (C=O) groups is 1. The lowest BCUT2D eigenvalue weighted by Gasteiger charge is -2.10. The molecule has 5 heteroatoms. The molecule has 0 saturated heterocycles. The van der Waals surface area contributed by atoms with Gasteiger partial charge in [-0.05, 0) is 18.2 Å². The molecule has 14 heavy (non-hydrogen) atoms. The van der Waals surface area contributed by atoms with Crippen molar-refractivity contribution in [1.82, 2.24) is 0 Å². The molecular formula is C9H11FN2O2. The molecule has 0 aromatic heterocycles. The van der Waals surface area contributed by atoms with Crippen LogP contribution in [0.4, 0.5) is 10.1 Å². The van der Waals surface area contributed by atoms with Crippen LogP contribution >= 0.6 is 0 Å². The van der Waals surface area contributed by atoms with Crippen molar-refractivity contribution in [3.05, 3.63) is 29.6 Å². The van der Waals surface area contributed by atoms with Gasteiger partial charge in [0.2, 0.25) is 0 Å². The number of aliphatic carboxylic acids is 1. The summed E-state index contributed by atoms with van der Waals surface area (Å²) in [5, 5.41) is 8.47. The molecule has 1 aromatic carbocycles. The van der Waals surface area contributed by atoms with E-state index < -0.39 is 17.8 Å². The fraction of sp³-hybridized carbons (Fsp3) is 0.222. The average molecular weight is 198 g/mol. The van der Waals surface area contributed by atoms with E-state index in [0.29, 0.717) is 5.69 Å². The standard InChI is InChI=1S/C9H11FN2O2/c10-7-2-1-5(11)3-6(7)8(12)4-9(13)14/h1-3,8H,4,11-12H2,(H,13,14). The SMILES string of the molecule is Nc1ccc(F)c(C(N)CC(=O)O)c1. The van der Waals surface area contributed by atoms with Gasteiger partial charge in [0.05, 0.1) is 6.42 Å². The molecule has 0 fully saturated rings. The summed E-state index contributed by atoms with van der Waals surface area (Å²) in [5.41, 5.74) is 11.4. The van der Waals surface area contributed by atoms with Gasteiger partial charge in [-0.3, -0.25) is 4.79 Å². The molecule has 1 atom stereocenters. The number of halogens is 1. The Morgan fingerprint density at radius 3 is 2.79 bits per heavy atom. The summed E-state index contributed by atoms with van der Waals surface area (Å²) in [7, 11) is 0. The Kier molecular flexibility index (Phi) is 3.03. The maximum Gasteiger partial charge on any atom is 0.305 e. The number of hydrogen-bond donors (Lipinski definition) is 3. The fourth-order valence-corrected chi connectivity index (χ4v) is 1.14. The van der Waals surface area contributed by atoms with E-state index in [1.54, 1.807) is 0 Å². The van der Waals surface area contributed by atoms with E-state index in [2.05, 4.69) is 0 Å². The summed E-state index contributed by atoms with van der Waals surface area (Å²) in [5.74, 6) is -1.60. The molecule has 0 amide bonds. The second-order valence-electron chi connectivity index (χ2n) is 2.99. The van der Waals surface area contributed by atoms with Crippen LogP contribution in [0.2, 0.25) is 0 Å². The third-order valence-electron chi connectivity index (χ3n) is 1.81.